The van der Waals surface area contributed by atoms with Gasteiger partial charge in [0.05, 0.1) is 6.20 Å². The van der Waals surface area contributed by atoms with Crippen LogP contribution in [0.1, 0.15) is 5.56 Å². The van der Waals surface area contributed by atoms with E-state index in [0.717, 1.165) is 11.3 Å². The van der Waals surface area contributed by atoms with Crippen molar-refractivity contribution in [2.24, 2.45) is 0 Å². The maximum atomic E-state index is 6.08. The van der Waals surface area contributed by atoms with E-state index >= 15 is 0 Å². The van der Waals surface area contributed by atoms with Gasteiger partial charge in [0.1, 0.15) is 17.8 Å². The summed E-state index contributed by atoms with van der Waals surface area (Å²) in [5, 5.41) is 3.17. The molecule has 0 saturated heterocycles. The van der Waals surface area contributed by atoms with E-state index in [0.29, 0.717) is 17.3 Å². The zero-order valence-electron chi connectivity index (χ0n) is 12.0. The lowest BCUT2D eigenvalue weighted by atomic mass is 10.2. The summed E-state index contributed by atoms with van der Waals surface area (Å²) in [5.74, 6) is 1.35. The van der Waals surface area contributed by atoms with Gasteiger partial charge in [-0.05, 0) is 36.8 Å². The topological polar surface area (TPSA) is 86.0 Å². The average molecular weight is 293 g/mol. The standard InChI is InChI=1S/C16H15N5O/c1-11-4-2-5-12(8-11)21-15-14(17)16(20-10-19-15)22-13-6-3-7-18-9-13/h2-10H,17H2,1H3,(H,19,20,21). The fraction of sp³-hybridized carbons (Fsp3) is 0.0625. The number of nitrogens with one attached hydrogen (secondary N) is 1. The molecule has 3 rings (SSSR count). The molecule has 6 heteroatoms. The molecule has 0 spiro atoms. The molecule has 2 heterocycles. The fourth-order valence-corrected chi connectivity index (χ4v) is 1.94. The molecule has 0 bridgehead atoms. The molecule has 0 amide bonds. The number of aromatic nitrogens is 3. The van der Waals surface area contributed by atoms with Gasteiger partial charge < -0.3 is 15.8 Å². The van der Waals surface area contributed by atoms with Crippen molar-refractivity contribution in [1.82, 2.24) is 15.0 Å². The first-order valence-electron chi connectivity index (χ1n) is 6.74. The molecule has 3 N–H and O–H groups in total. The second-order valence-corrected chi connectivity index (χ2v) is 4.73. The predicted octanol–water partition coefficient (Wildman–Crippen LogP) is 3.30. The third-order valence-corrected chi connectivity index (χ3v) is 2.98. The van der Waals surface area contributed by atoms with Crippen LogP contribution >= 0.6 is 0 Å². The normalized spacial score (nSPS) is 10.2. The Morgan fingerprint density at radius 2 is 2.05 bits per heavy atom. The quantitative estimate of drug-likeness (QED) is 0.767. The number of benzene rings is 1. The smallest absolute Gasteiger partial charge is 0.248 e. The molecule has 0 saturated carbocycles. The molecule has 22 heavy (non-hydrogen) atoms. The van der Waals surface area contributed by atoms with Gasteiger partial charge in [-0.15, -0.1) is 0 Å². The Balaban J connectivity index is 1.86. The Morgan fingerprint density at radius 1 is 1.14 bits per heavy atom. The summed E-state index contributed by atoms with van der Waals surface area (Å²) >= 11 is 0. The van der Waals surface area contributed by atoms with Crippen molar-refractivity contribution in [3.8, 4) is 11.6 Å². The van der Waals surface area contributed by atoms with E-state index in [4.69, 9.17) is 10.5 Å². The van der Waals surface area contributed by atoms with Crippen molar-refractivity contribution in [2.75, 3.05) is 11.1 Å². The Hall–Kier alpha value is -3.15. The predicted molar refractivity (Wildman–Crippen MR) is 85.2 cm³/mol. The first-order valence-corrected chi connectivity index (χ1v) is 6.74. The lowest BCUT2D eigenvalue weighted by Crippen LogP contribution is -2.03. The largest absolute Gasteiger partial charge is 0.435 e. The van der Waals surface area contributed by atoms with E-state index in [1.807, 2.05) is 31.2 Å². The van der Waals surface area contributed by atoms with E-state index in [-0.39, 0.29) is 5.88 Å². The van der Waals surface area contributed by atoms with Gasteiger partial charge in [0.25, 0.3) is 0 Å². The fourth-order valence-electron chi connectivity index (χ4n) is 1.94. The molecule has 0 fully saturated rings. The summed E-state index contributed by atoms with van der Waals surface area (Å²) in [4.78, 5) is 12.2. The number of nitrogen functional groups attached to an aromatic ring is 1. The summed E-state index contributed by atoms with van der Waals surface area (Å²) in [7, 11) is 0. The van der Waals surface area contributed by atoms with E-state index in [1.165, 1.54) is 6.33 Å². The summed E-state index contributed by atoms with van der Waals surface area (Å²) < 4.78 is 5.63. The molecule has 0 unspecified atom stereocenters. The molecule has 6 nitrogen and oxygen atoms in total. The molecule has 3 aromatic rings. The van der Waals surface area contributed by atoms with Gasteiger partial charge in [0.2, 0.25) is 5.88 Å². The van der Waals surface area contributed by atoms with Crippen molar-refractivity contribution < 1.29 is 4.74 Å². The lowest BCUT2D eigenvalue weighted by Gasteiger charge is -2.11. The Labute approximate surface area is 128 Å². The van der Waals surface area contributed by atoms with E-state index < -0.39 is 0 Å². The number of nitrogens with two attached hydrogens (primary N) is 1. The average Bonchev–Trinajstić information content (AvgIpc) is 2.52. The van der Waals surface area contributed by atoms with Crippen molar-refractivity contribution >= 4 is 17.2 Å². The van der Waals surface area contributed by atoms with Gasteiger partial charge in [0, 0.05) is 11.9 Å². The monoisotopic (exact) mass is 293 g/mol. The zero-order valence-corrected chi connectivity index (χ0v) is 12.0. The maximum Gasteiger partial charge on any atom is 0.248 e. The van der Waals surface area contributed by atoms with Crippen LogP contribution in [0.2, 0.25) is 0 Å². The minimum absolute atomic E-state index is 0.290. The molecule has 2 aromatic heterocycles. The number of ether oxygens (including phenoxy) is 1. The van der Waals surface area contributed by atoms with Crippen LogP contribution in [0, 0.1) is 6.92 Å². The minimum atomic E-state index is 0.290. The maximum absolute atomic E-state index is 6.08. The van der Waals surface area contributed by atoms with Gasteiger partial charge in [-0.25, -0.2) is 4.98 Å². The Bertz CT molecular complexity index is 776. The highest BCUT2D eigenvalue weighted by Gasteiger charge is 2.10. The van der Waals surface area contributed by atoms with E-state index in [1.54, 1.807) is 24.5 Å². The number of pyridine rings is 1. The molecule has 0 aliphatic carbocycles. The van der Waals surface area contributed by atoms with Crippen LogP contribution in [0.15, 0.2) is 55.1 Å². The summed E-state index contributed by atoms with van der Waals surface area (Å²) in [5.41, 5.74) is 8.47. The molecule has 0 aliphatic heterocycles. The molecule has 1 aromatic carbocycles. The van der Waals surface area contributed by atoms with Crippen LogP contribution in [0.3, 0.4) is 0 Å². The summed E-state index contributed by atoms with van der Waals surface area (Å²) in [6.07, 6.45) is 4.66. The van der Waals surface area contributed by atoms with Crippen molar-refractivity contribution in [3.05, 3.63) is 60.7 Å². The highest BCUT2D eigenvalue weighted by Crippen LogP contribution is 2.30. The van der Waals surface area contributed by atoms with Gasteiger partial charge in [-0.3, -0.25) is 4.98 Å². The SMILES string of the molecule is Cc1cccc(Nc2ncnc(Oc3cccnc3)c2N)c1. The third kappa shape index (κ3) is 3.12. The van der Waals surface area contributed by atoms with Crippen LogP contribution in [0.25, 0.3) is 0 Å². The number of anilines is 3. The highest BCUT2D eigenvalue weighted by molar-refractivity contribution is 5.72. The molecule has 0 atom stereocenters. The Morgan fingerprint density at radius 3 is 2.82 bits per heavy atom. The first kappa shape index (κ1) is 13.8. The molecular formula is C16H15N5O. The van der Waals surface area contributed by atoms with E-state index in [2.05, 4.69) is 20.3 Å². The third-order valence-electron chi connectivity index (χ3n) is 2.98. The van der Waals surface area contributed by atoms with Gasteiger partial charge >= 0.3 is 0 Å². The van der Waals surface area contributed by atoms with Crippen LogP contribution < -0.4 is 15.8 Å². The molecular weight excluding hydrogens is 278 g/mol. The highest BCUT2D eigenvalue weighted by atomic mass is 16.5. The minimum Gasteiger partial charge on any atom is -0.435 e. The Kier molecular flexibility index (Phi) is 3.82. The summed E-state index contributed by atoms with van der Waals surface area (Å²) in [6, 6.07) is 11.5. The second kappa shape index (κ2) is 6.09. The van der Waals surface area contributed by atoms with Gasteiger partial charge in [-0.1, -0.05) is 12.1 Å². The van der Waals surface area contributed by atoms with Gasteiger partial charge in [-0.2, -0.15) is 4.98 Å². The molecule has 110 valence electrons. The van der Waals surface area contributed by atoms with E-state index in [9.17, 15) is 0 Å². The van der Waals surface area contributed by atoms with Gasteiger partial charge in [0.15, 0.2) is 5.82 Å². The number of nitrogens with zero attached hydrogens (tertiary/aromatic N) is 3. The van der Waals surface area contributed by atoms with Crippen molar-refractivity contribution in [2.45, 2.75) is 6.92 Å². The van der Waals surface area contributed by atoms with Crippen molar-refractivity contribution in [3.63, 3.8) is 0 Å². The number of hydrogen-bond acceptors (Lipinski definition) is 6. The van der Waals surface area contributed by atoms with Crippen LogP contribution in [0.5, 0.6) is 11.6 Å². The van der Waals surface area contributed by atoms with Crippen LogP contribution in [-0.4, -0.2) is 15.0 Å². The molecule has 0 radical (unpaired) electrons. The molecule has 0 aliphatic rings. The number of hydrogen-bond donors (Lipinski definition) is 2. The van der Waals surface area contributed by atoms with Crippen LogP contribution in [-0.2, 0) is 0 Å². The van der Waals surface area contributed by atoms with Crippen molar-refractivity contribution in [1.29, 1.82) is 0 Å². The number of aryl methyl sites for hydroxylation is 1. The zero-order chi connectivity index (χ0) is 15.4. The first-order chi connectivity index (χ1) is 10.7. The number of rotatable bonds is 4. The lowest BCUT2D eigenvalue weighted by molar-refractivity contribution is 0.462. The summed E-state index contributed by atoms with van der Waals surface area (Å²) in [6.45, 7) is 2.02. The van der Waals surface area contributed by atoms with Crippen LogP contribution in [0.4, 0.5) is 17.2 Å². The second-order valence-electron chi connectivity index (χ2n) is 4.73.